The van der Waals surface area contributed by atoms with Crippen LogP contribution < -0.4 is 15.1 Å². The molecule has 1 N–H and O–H groups in total. The number of anilines is 3. The topological polar surface area (TPSA) is 30.9 Å². The van der Waals surface area contributed by atoms with Crippen molar-refractivity contribution in [3.8, 4) is 0 Å². The number of nitrogens with zero attached hydrogens (tertiary/aromatic N) is 3. The molecule has 0 aliphatic carbocycles. The van der Waals surface area contributed by atoms with Crippen LogP contribution >= 0.6 is 0 Å². The lowest BCUT2D eigenvalue weighted by Crippen LogP contribution is -2.10. The van der Waals surface area contributed by atoms with Crippen molar-refractivity contribution in [1.29, 1.82) is 0 Å². The van der Waals surface area contributed by atoms with Crippen LogP contribution in [0, 0.1) is 0 Å². The first kappa shape index (κ1) is 15.9. The summed E-state index contributed by atoms with van der Waals surface area (Å²) in [6.07, 6.45) is 0. The molecule has 0 spiro atoms. The molecule has 0 amide bonds. The van der Waals surface area contributed by atoms with E-state index in [2.05, 4.69) is 56.5 Å². The number of hydrogen-bond acceptors (Lipinski definition) is 3. The zero-order valence-corrected chi connectivity index (χ0v) is 14.0. The largest absolute Gasteiger partial charge is 0.378 e. The predicted octanol–water partition coefficient (Wildman–Crippen LogP) is 3.98. The predicted molar refractivity (Wildman–Crippen MR) is 97.9 cm³/mol. The molecule has 4 nitrogen and oxygen atoms in total. The van der Waals surface area contributed by atoms with Gasteiger partial charge in [0.05, 0.1) is 5.69 Å². The van der Waals surface area contributed by atoms with Crippen molar-refractivity contribution in [2.75, 3.05) is 43.3 Å². The summed E-state index contributed by atoms with van der Waals surface area (Å²) < 4.78 is 0. The number of aliphatic imine (C=N–C) groups is 1. The normalized spacial score (nSPS) is 11.2. The lowest BCUT2D eigenvalue weighted by Gasteiger charge is -2.13. The van der Waals surface area contributed by atoms with Gasteiger partial charge in [0.1, 0.15) is 5.84 Å². The molecule has 0 aliphatic heterocycles. The minimum absolute atomic E-state index is 0.871. The number of hydrogen-bond donors (Lipinski definition) is 1. The van der Waals surface area contributed by atoms with Crippen LogP contribution in [-0.4, -0.2) is 34.0 Å². The van der Waals surface area contributed by atoms with Crippen molar-refractivity contribution >= 4 is 28.6 Å². The van der Waals surface area contributed by atoms with Crippen LogP contribution in [0.25, 0.3) is 0 Å². The van der Waals surface area contributed by atoms with Crippen LogP contribution in [0.2, 0.25) is 0 Å². The Balaban J connectivity index is 2.05. The second kappa shape index (κ2) is 6.98. The molecule has 0 aliphatic rings. The molecule has 2 rings (SSSR count). The molecular formula is C18H24N4. The van der Waals surface area contributed by atoms with Crippen molar-refractivity contribution in [3.05, 3.63) is 48.5 Å². The Labute approximate surface area is 133 Å². The standard InChI is InChI=1S/C18H24N4/c1-14(19-15-6-10-17(11-7-15)21(2)3)20-16-8-12-18(13-9-16)22(4)5/h6-13H,1-5H3,(H,19,20). The third-order valence-corrected chi connectivity index (χ3v) is 3.37. The van der Waals surface area contributed by atoms with E-state index in [9.17, 15) is 0 Å². The van der Waals surface area contributed by atoms with Gasteiger partial charge in [-0.25, -0.2) is 4.99 Å². The SMILES string of the molecule is CC(=Nc1ccc(N(C)C)cc1)Nc1ccc(N(C)C)cc1. The van der Waals surface area contributed by atoms with Gasteiger partial charge in [-0.1, -0.05) is 0 Å². The van der Waals surface area contributed by atoms with Crippen molar-refractivity contribution in [3.63, 3.8) is 0 Å². The molecule has 0 fully saturated rings. The van der Waals surface area contributed by atoms with Gasteiger partial charge in [-0.2, -0.15) is 0 Å². The van der Waals surface area contributed by atoms with Crippen LogP contribution in [0.5, 0.6) is 0 Å². The van der Waals surface area contributed by atoms with Crippen molar-refractivity contribution < 1.29 is 0 Å². The quantitative estimate of drug-likeness (QED) is 0.684. The van der Waals surface area contributed by atoms with E-state index in [1.165, 1.54) is 11.4 Å². The first-order chi connectivity index (χ1) is 10.5. The Hall–Kier alpha value is -2.49. The molecule has 0 bridgehead atoms. The Morgan fingerprint density at radius 2 is 1.23 bits per heavy atom. The number of amidine groups is 1. The number of nitrogens with one attached hydrogen (secondary N) is 1. The molecule has 0 unspecified atom stereocenters. The van der Waals surface area contributed by atoms with Gasteiger partial charge >= 0.3 is 0 Å². The molecule has 0 heterocycles. The number of rotatable bonds is 4. The minimum Gasteiger partial charge on any atom is -0.378 e. The summed E-state index contributed by atoms with van der Waals surface area (Å²) >= 11 is 0. The molecule has 0 atom stereocenters. The molecule has 22 heavy (non-hydrogen) atoms. The van der Waals surface area contributed by atoms with Gasteiger partial charge in [-0.3, -0.25) is 0 Å². The van der Waals surface area contributed by atoms with Gasteiger partial charge < -0.3 is 15.1 Å². The minimum atomic E-state index is 0.871. The van der Waals surface area contributed by atoms with E-state index in [0.29, 0.717) is 0 Å². The van der Waals surface area contributed by atoms with Gasteiger partial charge in [-0.05, 0) is 55.5 Å². The maximum absolute atomic E-state index is 4.59. The maximum Gasteiger partial charge on any atom is 0.103 e. The van der Waals surface area contributed by atoms with Crippen molar-refractivity contribution in [2.24, 2.45) is 4.99 Å². The summed E-state index contributed by atoms with van der Waals surface area (Å²) in [5, 5.41) is 3.31. The second-order valence-corrected chi connectivity index (χ2v) is 5.67. The van der Waals surface area contributed by atoms with Gasteiger partial charge in [-0.15, -0.1) is 0 Å². The average molecular weight is 296 g/mol. The Bertz CT molecular complexity index is 625. The maximum atomic E-state index is 4.59. The monoisotopic (exact) mass is 296 g/mol. The Morgan fingerprint density at radius 3 is 1.68 bits per heavy atom. The summed E-state index contributed by atoms with van der Waals surface area (Å²) in [7, 11) is 8.13. The lowest BCUT2D eigenvalue weighted by atomic mass is 10.2. The smallest absolute Gasteiger partial charge is 0.103 e. The summed E-state index contributed by atoms with van der Waals surface area (Å²) in [6.45, 7) is 1.97. The van der Waals surface area contributed by atoms with Crippen LogP contribution in [0.4, 0.5) is 22.7 Å². The van der Waals surface area contributed by atoms with Crippen LogP contribution in [-0.2, 0) is 0 Å². The molecular weight excluding hydrogens is 272 g/mol. The van der Waals surface area contributed by atoms with E-state index in [1.807, 2.05) is 47.2 Å². The Kier molecular flexibility index (Phi) is 5.04. The zero-order valence-electron chi connectivity index (χ0n) is 14.0. The highest BCUT2D eigenvalue weighted by atomic mass is 15.1. The van der Waals surface area contributed by atoms with Gasteiger partial charge in [0, 0.05) is 45.3 Å². The molecule has 4 heteroatoms. The summed E-state index contributed by atoms with van der Waals surface area (Å²) in [6, 6.07) is 16.5. The van der Waals surface area contributed by atoms with E-state index in [1.54, 1.807) is 0 Å². The highest BCUT2D eigenvalue weighted by Crippen LogP contribution is 2.19. The summed E-state index contributed by atoms with van der Waals surface area (Å²) in [5.74, 6) is 0.871. The number of benzene rings is 2. The molecule has 0 saturated carbocycles. The first-order valence-electron chi connectivity index (χ1n) is 7.33. The van der Waals surface area contributed by atoms with Crippen LogP contribution in [0.1, 0.15) is 6.92 Å². The molecule has 0 aromatic heterocycles. The van der Waals surface area contributed by atoms with E-state index >= 15 is 0 Å². The molecule has 116 valence electrons. The highest BCUT2D eigenvalue weighted by molar-refractivity contribution is 5.95. The average Bonchev–Trinajstić information content (AvgIpc) is 2.48. The first-order valence-corrected chi connectivity index (χ1v) is 7.33. The third-order valence-electron chi connectivity index (χ3n) is 3.37. The zero-order chi connectivity index (χ0) is 16.1. The Morgan fingerprint density at radius 1 is 0.773 bits per heavy atom. The van der Waals surface area contributed by atoms with Gasteiger partial charge in [0.2, 0.25) is 0 Å². The summed E-state index contributed by atoms with van der Waals surface area (Å²) in [4.78, 5) is 8.74. The van der Waals surface area contributed by atoms with Gasteiger partial charge in [0.25, 0.3) is 0 Å². The fourth-order valence-electron chi connectivity index (χ4n) is 2.10. The summed E-state index contributed by atoms with van der Waals surface area (Å²) in [5.41, 5.74) is 4.33. The lowest BCUT2D eigenvalue weighted by molar-refractivity contribution is 1.13. The highest BCUT2D eigenvalue weighted by Gasteiger charge is 1.99. The van der Waals surface area contributed by atoms with E-state index < -0.39 is 0 Å². The fraction of sp³-hybridized carbons (Fsp3) is 0.278. The third kappa shape index (κ3) is 4.25. The fourth-order valence-corrected chi connectivity index (χ4v) is 2.10. The van der Waals surface area contributed by atoms with Crippen molar-refractivity contribution in [2.45, 2.75) is 6.92 Å². The van der Waals surface area contributed by atoms with E-state index in [4.69, 9.17) is 0 Å². The van der Waals surface area contributed by atoms with Crippen molar-refractivity contribution in [1.82, 2.24) is 0 Å². The molecule has 2 aromatic carbocycles. The van der Waals surface area contributed by atoms with Crippen LogP contribution in [0.3, 0.4) is 0 Å². The molecule has 2 aromatic rings. The second-order valence-electron chi connectivity index (χ2n) is 5.67. The molecule has 0 saturated heterocycles. The molecule has 0 radical (unpaired) electrons. The van der Waals surface area contributed by atoms with E-state index in [-0.39, 0.29) is 0 Å². The van der Waals surface area contributed by atoms with E-state index in [0.717, 1.165) is 17.2 Å². The van der Waals surface area contributed by atoms with Crippen LogP contribution in [0.15, 0.2) is 53.5 Å². The van der Waals surface area contributed by atoms with Gasteiger partial charge in [0.15, 0.2) is 0 Å².